The highest BCUT2D eigenvalue weighted by Crippen LogP contribution is 2.48. The second-order valence-electron chi connectivity index (χ2n) is 9.55. The van der Waals surface area contributed by atoms with E-state index in [4.69, 9.17) is 0 Å². The van der Waals surface area contributed by atoms with Gasteiger partial charge >= 0.3 is 7.60 Å². The molecule has 4 aromatic carbocycles. The fraction of sp³-hybridized carbons (Fsp3) is 0.167. The number of amides is 1. The molecule has 0 aromatic heterocycles. The number of aliphatic hydroxyl groups excluding tert-OH is 1. The van der Waals surface area contributed by atoms with Crippen molar-refractivity contribution >= 4 is 24.5 Å². The fourth-order valence-corrected chi connectivity index (χ4v) is 6.01. The van der Waals surface area contributed by atoms with E-state index in [0.717, 1.165) is 5.56 Å². The van der Waals surface area contributed by atoms with Crippen molar-refractivity contribution in [1.82, 2.24) is 0 Å². The van der Waals surface area contributed by atoms with Crippen LogP contribution in [0.3, 0.4) is 0 Å². The highest BCUT2D eigenvalue weighted by atomic mass is 31.2. The fourth-order valence-electron chi connectivity index (χ4n) is 5.22. The molecule has 1 aliphatic heterocycles. The van der Waals surface area contributed by atoms with Gasteiger partial charge in [0.2, 0.25) is 5.91 Å². The number of aliphatic hydroxyl groups is 1. The second-order valence-corrected chi connectivity index (χ2v) is 11.1. The molecule has 1 fully saturated rings. The number of aromatic hydroxyl groups is 1. The molecular weight excluding hydrogens is 520 g/mol. The van der Waals surface area contributed by atoms with Crippen molar-refractivity contribution in [2.24, 2.45) is 5.92 Å². The van der Waals surface area contributed by atoms with Crippen molar-refractivity contribution < 1.29 is 33.7 Å². The van der Waals surface area contributed by atoms with E-state index < -0.39 is 31.5 Å². The zero-order valence-corrected chi connectivity index (χ0v) is 21.7. The highest BCUT2D eigenvalue weighted by Gasteiger charge is 2.49. The molecular formula is C30H27FNO6P. The molecule has 0 aliphatic carbocycles. The lowest BCUT2D eigenvalue weighted by Gasteiger charge is -2.48. The summed E-state index contributed by atoms with van der Waals surface area (Å²) in [4.78, 5) is 34.2. The first-order valence-electron chi connectivity index (χ1n) is 12.5. The molecule has 0 bridgehead atoms. The SMILES string of the molecule is O=C1[C@H](CC[C@H](O)c2ccccc2)[C@@H](c2ccc(-c3ccccc3P(=O)(O)O)c(O)c2)N1c1ccccc1F. The Bertz CT molecular complexity index is 1560. The van der Waals surface area contributed by atoms with Crippen molar-refractivity contribution in [3.63, 3.8) is 0 Å². The molecule has 0 unspecified atom stereocenters. The van der Waals surface area contributed by atoms with Crippen LogP contribution in [-0.4, -0.2) is 25.9 Å². The third-order valence-electron chi connectivity index (χ3n) is 7.13. The van der Waals surface area contributed by atoms with E-state index in [-0.39, 0.29) is 33.8 Å². The first-order chi connectivity index (χ1) is 18.7. The topological polar surface area (TPSA) is 118 Å². The minimum Gasteiger partial charge on any atom is -0.507 e. The Kier molecular flexibility index (Phi) is 7.38. The number of carbonyl (C=O) groups is 1. The van der Waals surface area contributed by atoms with Crippen LogP contribution in [0.1, 0.15) is 36.1 Å². The molecule has 7 nitrogen and oxygen atoms in total. The smallest absolute Gasteiger partial charge is 0.356 e. The lowest BCUT2D eigenvalue weighted by atomic mass is 9.78. The summed E-state index contributed by atoms with van der Waals surface area (Å²) in [6.45, 7) is 0. The van der Waals surface area contributed by atoms with Gasteiger partial charge in [-0.1, -0.05) is 72.8 Å². The van der Waals surface area contributed by atoms with Gasteiger partial charge in [0, 0.05) is 11.1 Å². The molecule has 4 N–H and O–H groups in total. The van der Waals surface area contributed by atoms with Crippen LogP contribution in [0.2, 0.25) is 0 Å². The summed E-state index contributed by atoms with van der Waals surface area (Å²) >= 11 is 0. The second kappa shape index (κ2) is 10.8. The monoisotopic (exact) mass is 547 g/mol. The van der Waals surface area contributed by atoms with Crippen LogP contribution in [0.15, 0.2) is 97.1 Å². The number of carbonyl (C=O) groups excluding carboxylic acids is 1. The predicted molar refractivity (Wildman–Crippen MR) is 146 cm³/mol. The van der Waals surface area contributed by atoms with Crippen LogP contribution < -0.4 is 10.2 Å². The number of phenolic OH excluding ortho intramolecular Hbond substituents is 1. The van der Waals surface area contributed by atoms with Gasteiger partial charge < -0.3 is 24.9 Å². The first kappa shape index (κ1) is 26.8. The number of benzene rings is 4. The Labute approximate surface area is 225 Å². The number of nitrogens with zero attached hydrogens (tertiary/aromatic N) is 1. The Balaban J connectivity index is 1.49. The van der Waals surface area contributed by atoms with Crippen LogP contribution >= 0.6 is 7.60 Å². The number of para-hydroxylation sites is 1. The Morgan fingerprint density at radius 1 is 0.872 bits per heavy atom. The molecule has 1 heterocycles. The minimum absolute atomic E-state index is 0.114. The van der Waals surface area contributed by atoms with Crippen LogP contribution in [0.4, 0.5) is 10.1 Å². The summed E-state index contributed by atoms with van der Waals surface area (Å²) in [5, 5.41) is 21.4. The summed E-state index contributed by atoms with van der Waals surface area (Å²) in [6.07, 6.45) is -0.141. The van der Waals surface area contributed by atoms with Crippen LogP contribution in [0, 0.1) is 11.7 Å². The lowest BCUT2D eigenvalue weighted by molar-refractivity contribution is -0.131. The maximum absolute atomic E-state index is 14.7. The highest BCUT2D eigenvalue weighted by molar-refractivity contribution is 7.60. The molecule has 39 heavy (non-hydrogen) atoms. The summed E-state index contributed by atoms with van der Waals surface area (Å²) < 4.78 is 26.8. The summed E-state index contributed by atoms with van der Waals surface area (Å²) in [7, 11) is -4.61. The quantitative estimate of drug-likeness (QED) is 0.178. The van der Waals surface area contributed by atoms with Gasteiger partial charge in [0.25, 0.3) is 0 Å². The van der Waals surface area contributed by atoms with Crippen LogP contribution in [0.25, 0.3) is 11.1 Å². The van der Waals surface area contributed by atoms with E-state index in [1.807, 2.05) is 30.3 Å². The van der Waals surface area contributed by atoms with Crippen molar-refractivity contribution in [3.8, 4) is 16.9 Å². The molecule has 0 saturated carbocycles. The Morgan fingerprint density at radius 2 is 1.54 bits per heavy atom. The molecule has 4 aromatic rings. The number of hydrogen-bond donors (Lipinski definition) is 4. The molecule has 3 atom stereocenters. The van der Waals surface area contributed by atoms with Crippen molar-refractivity contribution in [3.05, 3.63) is 114 Å². The van der Waals surface area contributed by atoms with Gasteiger partial charge in [0.1, 0.15) is 11.6 Å². The van der Waals surface area contributed by atoms with Gasteiger partial charge in [0.05, 0.1) is 29.1 Å². The number of hydrogen-bond acceptors (Lipinski definition) is 4. The molecule has 1 aliphatic rings. The van der Waals surface area contributed by atoms with E-state index in [2.05, 4.69) is 0 Å². The maximum Gasteiger partial charge on any atom is 0.356 e. The van der Waals surface area contributed by atoms with E-state index in [1.165, 1.54) is 53.4 Å². The molecule has 0 radical (unpaired) electrons. The van der Waals surface area contributed by atoms with Gasteiger partial charge in [-0.2, -0.15) is 0 Å². The maximum atomic E-state index is 14.7. The molecule has 0 spiro atoms. The van der Waals surface area contributed by atoms with E-state index in [1.54, 1.807) is 18.2 Å². The Morgan fingerprint density at radius 3 is 2.23 bits per heavy atom. The number of phenols is 1. The van der Waals surface area contributed by atoms with Gasteiger partial charge in [0.15, 0.2) is 0 Å². The third kappa shape index (κ3) is 5.24. The van der Waals surface area contributed by atoms with Gasteiger partial charge in [-0.15, -0.1) is 0 Å². The molecule has 1 saturated heterocycles. The zero-order valence-electron chi connectivity index (χ0n) is 20.8. The van der Waals surface area contributed by atoms with E-state index in [0.29, 0.717) is 18.4 Å². The third-order valence-corrected chi connectivity index (χ3v) is 8.15. The van der Waals surface area contributed by atoms with Gasteiger partial charge in [-0.25, -0.2) is 4.39 Å². The standard InChI is InChI=1S/C30H27FNO6P/c31-24-11-5-6-12-25(24)32-29(23(30(32)35)16-17-26(33)19-8-2-1-3-9-19)20-14-15-21(27(34)18-20)22-10-4-7-13-28(22)39(36,37)38/h1-15,18,23,26,29,33-34H,16-17H2,(H2,36,37,38)/t23-,26+,29-/m1/s1. The Hall–Kier alpha value is -3.81. The molecule has 9 heteroatoms. The molecule has 200 valence electrons. The van der Waals surface area contributed by atoms with E-state index >= 15 is 0 Å². The average Bonchev–Trinajstić information content (AvgIpc) is 2.92. The van der Waals surface area contributed by atoms with E-state index in [9.17, 15) is 33.7 Å². The predicted octanol–water partition coefficient (Wildman–Crippen LogP) is 5.22. The number of anilines is 1. The van der Waals surface area contributed by atoms with Crippen LogP contribution in [-0.2, 0) is 9.36 Å². The lowest BCUT2D eigenvalue weighted by Crippen LogP contribution is -2.55. The number of β-lactam (4-membered cyclic amide) rings is 1. The van der Waals surface area contributed by atoms with Crippen molar-refractivity contribution in [2.45, 2.75) is 25.0 Å². The summed E-state index contributed by atoms with van der Waals surface area (Å²) in [5.41, 5.74) is 1.79. The molecule has 1 amide bonds. The summed E-state index contributed by atoms with van der Waals surface area (Å²) in [5.74, 6) is -1.66. The number of rotatable bonds is 8. The van der Waals surface area contributed by atoms with Crippen molar-refractivity contribution in [2.75, 3.05) is 4.90 Å². The largest absolute Gasteiger partial charge is 0.507 e. The minimum atomic E-state index is -4.61. The van der Waals surface area contributed by atoms with Gasteiger partial charge in [-0.05, 0) is 48.2 Å². The van der Waals surface area contributed by atoms with Gasteiger partial charge in [-0.3, -0.25) is 9.36 Å². The normalized spacial score (nSPS) is 18.1. The van der Waals surface area contributed by atoms with Crippen molar-refractivity contribution in [1.29, 1.82) is 0 Å². The molecule has 5 rings (SSSR count). The number of halogens is 1. The van der Waals surface area contributed by atoms with Crippen LogP contribution in [0.5, 0.6) is 5.75 Å². The summed E-state index contributed by atoms with van der Waals surface area (Å²) in [6, 6.07) is 25.0. The first-order valence-corrected chi connectivity index (χ1v) is 14.1. The zero-order chi connectivity index (χ0) is 27.7. The average molecular weight is 548 g/mol.